The van der Waals surface area contributed by atoms with Crippen LogP contribution in [0.1, 0.15) is 116 Å². The molecular weight excluding hydrogens is 711 g/mol. The number of fused-ring (bicyclic) bond motifs is 1. The number of nitrogens with zero attached hydrogens (tertiary/aromatic N) is 2. The molecule has 56 heavy (non-hydrogen) atoms. The quantitative estimate of drug-likeness (QED) is 0.116. The molecule has 2 saturated heterocycles. The van der Waals surface area contributed by atoms with Crippen LogP contribution in [-0.2, 0) is 41.5 Å². The fraction of sp³-hybridized carbons (Fsp3) is 0.674. The van der Waals surface area contributed by atoms with Crippen molar-refractivity contribution in [2.45, 2.75) is 159 Å². The number of ether oxygens (including phenoxy) is 2. The zero-order chi connectivity index (χ0) is 40.0. The van der Waals surface area contributed by atoms with Crippen molar-refractivity contribution in [3.05, 3.63) is 60.7 Å². The van der Waals surface area contributed by atoms with Crippen LogP contribution in [0.4, 0.5) is 9.59 Å². The largest absolute Gasteiger partial charge is 0.481 e. The van der Waals surface area contributed by atoms with Crippen molar-refractivity contribution < 1.29 is 38.0 Å². The minimum absolute atomic E-state index is 0.0120. The summed E-state index contributed by atoms with van der Waals surface area (Å²) in [6.07, 6.45) is 10.3. The van der Waals surface area contributed by atoms with E-state index in [1.54, 1.807) is 31.7 Å². The number of alkyl carbamates (subject to hydrolysis) is 1. The van der Waals surface area contributed by atoms with Crippen LogP contribution < -0.4 is 10.6 Å². The Morgan fingerprint density at radius 1 is 1.00 bits per heavy atom. The van der Waals surface area contributed by atoms with E-state index in [-0.39, 0.29) is 41.9 Å². The molecule has 1 aromatic rings. The van der Waals surface area contributed by atoms with E-state index in [1.807, 2.05) is 30.3 Å². The van der Waals surface area contributed by atoms with Gasteiger partial charge in [-0.2, -0.15) is 0 Å². The summed E-state index contributed by atoms with van der Waals surface area (Å²) in [7, 11) is -0.602. The van der Waals surface area contributed by atoms with E-state index in [4.69, 9.17) is 18.8 Å². The molecule has 6 fully saturated rings. The number of benzene rings is 1. The van der Waals surface area contributed by atoms with Crippen LogP contribution in [0.3, 0.4) is 0 Å². The molecule has 2 bridgehead atoms. The fourth-order valence-electron chi connectivity index (χ4n) is 10.3. The van der Waals surface area contributed by atoms with Crippen LogP contribution >= 0.6 is 0 Å². The van der Waals surface area contributed by atoms with Gasteiger partial charge in [0, 0.05) is 25.9 Å². The molecule has 304 valence electrons. The molecule has 4 amide bonds. The lowest BCUT2D eigenvalue weighted by Crippen LogP contribution is -2.59. The smallest absolute Gasteiger partial charge is 0.444 e. The van der Waals surface area contributed by atoms with Gasteiger partial charge in [0.25, 0.3) is 0 Å². The van der Waals surface area contributed by atoms with Gasteiger partial charge in [-0.1, -0.05) is 69.5 Å². The van der Waals surface area contributed by atoms with Crippen molar-refractivity contribution in [2.24, 2.45) is 17.3 Å². The van der Waals surface area contributed by atoms with E-state index >= 15 is 0 Å². The molecule has 4 saturated carbocycles. The fourth-order valence-corrected chi connectivity index (χ4v) is 10.3. The van der Waals surface area contributed by atoms with Crippen LogP contribution in [0.5, 0.6) is 0 Å². The number of amides is 4. The normalized spacial score (nSPS) is 30.2. The highest BCUT2D eigenvalue weighted by Crippen LogP contribution is 2.79. The number of hydrogen-bond donors (Lipinski definition) is 2. The van der Waals surface area contributed by atoms with Crippen LogP contribution in [0.25, 0.3) is 0 Å². The minimum atomic E-state index is -1.05. The highest BCUT2D eigenvalue weighted by Gasteiger charge is 2.86. The van der Waals surface area contributed by atoms with Gasteiger partial charge >= 0.3 is 19.3 Å². The summed E-state index contributed by atoms with van der Waals surface area (Å²) in [5.74, 6) is -0.259. The molecule has 0 aromatic heterocycles. The molecule has 2 N–H and O–H groups in total. The second-order valence-corrected chi connectivity index (χ2v) is 18.7. The first-order valence-corrected chi connectivity index (χ1v) is 20.8. The van der Waals surface area contributed by atoms with Gasteiger partial charge < -0.3 is 34.3 Å². The van der Waals surface area contributed by atoms with Crippen LogP contribution in [0.2, 0.25) is 0 Å². The Morgan fingerprint density at radius 3 is 2.38 bits per heavy atom. The van der Waals surface area contributed by atoms with Crippen molar-refractivity contribution in [2.75, 3.05) is 6.54 Å². The Hall–Kier alpha value is -3.84. The van der Waals surface area contributed by atoms with Crippen LogP contribution in [0.15, 0.2) is 49.6 Å². The first kappa shape index (κ1) is 40.4. The molecule has 8 atom stereocenters. The number of hydrogen-bond acceptors (Lipinski definition) is 8. The summed E-state index contributed by atoms with van der Waals surface area (Å²) in [4.78, 5) is 58.4. The maximum absolute atomic E-state index is 14.6. The monoisotopic (exact) mass is 772 g/mol. The zero-order valence-electron chi connectivity index (χ0n) is 34.0. The molecule has 4 aliphatic carbocycles. The van der Waals surface area contributed by atoms with E-state index < -0.39 is 54.9 Å². The number of carbonyl (C=O) groups excluding carboxylic acids is 4. The molecule has 7 aliphatic rings. The lowest BCUT2D eigenvalue weighted by Gasteiger charge is -2.60. The third-order valence-electron chi connectivity index (χ3n) is 13.4. The summed E-state index contributed by atoms with van der Waals surface area (Å²) in [5, 5.41) is 5.97. The molecule has 8 rings (SSSR count). The Bertz CT molecular complexity index is 1690. The lowest BCUT2D eigenvalue weighted by molar-refractivity contribution is -0.152. The third-order valence-corrected chi connectivity index (χ3v) is 13.4. The molecule has 0 radical (unpaired) electrons. The Kier molecular flexibility index (Phi) is 11.2. The second-order valence-electron chi connectivity index (χ2n) is 18.7. The first-order chi connectivity index (χ1) is 26.6. The van der Waals surface area contributed by atoms with Crippen molar-refractivity contribution >= 4 is 31.1 Å². The van der Waals surface area contributed by atoms with Crippen molar-refractivity contribution in [1.82, 2.24) is 20.4 Å². The van der Waals surface area contributed by atoms with E-state index in [2.05, 4.69) is 37.6 Å². The first-order valence-electron chi connectivity index (χ1n) is 20.8. The average Bonchev–Trinajstić information content (AvgIpc) is 3.47. The number of rotatable bonds is 15. The van der Waals surface area contributed by atoms with Crippen molar-refractivity contribution in [1.29, 1.82) is 0 Å². The molecule has 12 nitrogen and oxygen atoms in total. The molecule has 3 aliphatic heterocycles. The summed E-state index contributed by atoms with van der Waals surface area (Å²) in [6, 6.07) is 5.86. The molecule has 0 unspecified atom stereocenters. The highest BCUT2D eigenvalue weighted by molar-refractivity contribution is 6.48. The van der Waals surface area contributed by atoms with Crippen molar-refractivity contribution in [3.63, 3.8) is 0 Å². The maximum atomic E-state index is 14.6. The van der Waals surface area contributed by atoms with Gasteiger partial charge in [-0.25, -0.2) is 9.59 Å². The van der Waals surface area contributed by atoms with Gasteiger partial charge in [-0.3, -0.25) is 14.5 Å². The van der Waals surface area contributed by atoms with Gasteiger partial charge in [-0.15, -0.1) is 13.2 Å². The van der Waals surface area contributed by atoms with Gasteiger partial charge in [0.1, 0.15) is 23.8 Å². The van der Waals surface area contributed by atoms with E-state index in [0.717, 1.165) is 62.5 Å². The number of allylic oxidation sites excluding steroid dienone is 1. The summed E-state index contributed by atoms with van der Waals surface area (Å²) >= 11 is 0. The van der Waals surface area contributed by atoms with Crippen LogP contribution in [-0.4, -0.2) is 88.4 Å². The Balaban J connectivity index is 1.09. The molecule has 0 spiro atoms. The van der Waals surface area contributed by atoms with E-state index in [1.165, 1.54) is 4.90 Å². The zero-order valence-corrected chi connectivity index (χ0v) is 34.0. The van der Waals surface area contributed by atoms with Gasteiger partial charge in [0.05, 0.1) is 23.7 Å². The van der Waals surface area contributed by atoms with Gasteiger partial charge in [0.2, 0.25) is 11.8 Å². The van der Waals surface area contributed by atoms with Gasteiger partial charge in [-0.05, 0) is 87.7 Å². The second kappa shape index (κ2) is 15.5. The summed E-state index contributed by atoms with van der Waals surface area (Å²) in [6.45, 7) is 18.4. The van der Waals surface area contributed by atoms with E-state index in [0.29, 0.717) is 31.3 Å². The third kappa shape index (κ3) is 7.74. The summed E-state index contributed by atoms with van der Waals surface area (Å²) in [5.41, 5.74) is 0.944. The number of carbonyl (C=O) groups is 4. The maximum Gasteiger partial charge on any atom is 0.481 e. The highest BCUT2D eigenvalue weighted by atomic mass is 16.7. The van der Waals surface area contributed by atoms with Gasteiger partial charge in [0.15, 0.2) is 0 Å². The van der Waals surface area contributed by atoms with Crippen LogP contribution in [0, 0.1) is 17.3 Å². The van der Waals surface area contributed by atoms with E-state index in [9.17, 15) is 19.2 Å². The minimum Gasteiger partial charge on any atom is -0.444 e. The SMILES string of the molecule is C=CCCCCCC[C@H](NC(=O)[C@@H]1C[C@@H](OC(=O)N2Cc3ccccc3C2)CN1C(=O)[C@H](CC=C)NC(=O)OC(C)(C)C)B1O[C@@]23C[C@H]4C[C@H](C4(C)C)[C@]2(C3)O1. The number of nitrogens with one attached hydrogen (secondary N) is 2. The Labute approximate surface area is 332 Å². The van der Waals surface area contributed by atoms with Crippen molar-refractivity contribution in [3.8, 4) is 0 Å². The lowest BCUT2D eigenvalue weighted by atomic mass is 9.47. The average molecular weight is 773 g/mol. The standard InChI is InChI=1S/C43H61BN4O8/c1-8-10-11-12-13-14-20-35(44-55-42-23-30-21-34(41(30,6)7)43(42,27-42)56-44)46-36(49)33-22-31(53-39(52)47-24-28-18-15-16-19-29(28)25-47)26-48(33)37(50)32(17-9-2)45-38(51)54-40(3,4)5/h8-9,15-16,18-19,30-35H,1-2,10-14,17,20-27H2,3-7H3,(H,45,51)(H,46,49)/t30-,31-,32+,33+,34-,35+,42-,43+/m1/s1. The predicted molar refractivity (Wildman–Crippen MR) is 212 cm³/mol. The molecule has 1 aromatic carbocycles. The molecule has 3 heterocycles. The Morgan fingerprint density at radius 2 is 1.71 bits per heavy atom. The molecule has 13 heteroatoms. The predicted octanol–water partition coefficient (Wildman–Crippen LogP) is 6.61. The summed E-state index contributed by atoms with van der Waals surface area (Å²) < 4.78 is 25.3. The number of likely N-dealkylation sites (tertiary alicyclic amines) is 1. The molecular formula is C43H61BN4O8. The number of unbranched alkanes of at least 4 members (excludes halogenated alkanes) is 4. The topological polar surface area (TPSA) is 136 Å².